The van der Waals surface area contributed by atoms with E-state index in [0.717, 1.165) is 23.5 Å². The highest BCUT2D eigenvalue weighted by atomic mass is 16.5. The number of aliphatic imine (C=N–C) groups is 1. The van der Waals surface area contributed by atoms with E-state index in [4.69, 9.17) is 14.2 Å². The van der Waals surface area contributed by atoms with E-state index in [-0.39, 0.29) is 12.5 Å². The molecule has 1 heterocycles. The second kappa shape index (κ2) is 10.5. The molecule has 144 valence electrons. The Morgan fingerprint density at radius 3 is 2.85 bits per heavy atom. The quantitative estimate of drug-likeness (QED) is 0.419. The lowest BCUT2D eigenvalue weighted by Gasteiger charge is -2.15. The first-order valence-corrected chi connectivity index (χ1v) is 8.70. The molecular formula is C18H28N4O4. The number of hydrogen-bond acceptors (Lipinski definition) is 5. The number of carbonyl (C=O) groups excluding carboxylic acids is 1. The molecule has 0 unspecified atom stereocenters. The zero-order chi connectivity index (χ0) is 18.8. The highest BCUT2D eigenvalue weighted by Crippen LogP contribution is 2.33. The van der Waals surface area contributed by atoms with Gasteiger partial charge in [0, 0.05) is 39.7 Å². The van der Waals surface area contributed by atoms with Gasteiger partial charge in [0.05, 0.1) is 32.9 Å². The number of fused-ring (bicyclic) bond motifs is 1. The summed E-state index contributed by atoms with van der Waals surface area (Å²) in [5.74, 6) is 2.01. The molecule has 0 spiro atoms. The molecule has 0 atom stereocenters. The smallest absolute Gasteiger partial charge is 0.241 e. The van der Waals surface area contributed by atoms with E-state index in [0.29, 0.717) is 38.9 Å². The minimum Gasteiger partial charge on any atom is -0.490 e. The van der Waals surface area contributed by atoms with Gasteiger partial charge in [-0.3, -0.25) is 4.79 Å². The molecular weight excluding hydrogens is 336 g/mol. The summed E-state index contributed by atoms with van der Waals surface area (Å²) < 4.78 is 16.6. The minimum absolute atomic E-state index is 0.0310. The van der Waals surface area contributed by atoms with E-state index in [1.807, 2.05) is 18.2 Å². The SMILES string of the molecule is COCCNC(=NCc1cccc2c1OCCCO2)NCC(=O)N(C)C. The van der Waals surface area contributed by atoms with E-state index in [1.54, 1.807) is 21.2 Å². The van der Waals surface area contributed by atoms with Crippen molar-refractivity contribution in [3.8, 4) is 11.5 Å². The van der Waals surface area contributed by atoms with E-state index in [1.165, 1.54) is 4.90 Å². The maximum Gasteiger partial charge on any atom is 0.241 e. The molecule has 1 aromatic carbocycles. The van der Waals surface area contributed by atoms with Crippen molar-refractivity contribution in [3.63, 3.8) is 0 Å². The molecule has 0 saturated heterocycles. The van der Waals surface area contributed by atoms with Crippen molar-refractivity contribution in [2.75, 3.05) is 54.1 Å². The third kappa shape index (κ3) is 6.11. The zero-order valence-electron chi connectivity index (χ0n) is 15.7. The van der Waals surface area contributed by atoms with Crippen molar-refractivity contribution in [2.24, 2.45) is 4.99 Å². The fourth-order valence-corrected chi connectivity index (χ4v) is 2.31. The van der Waals surface area contributed by atoms with Crippen LogP contribution in [0.4, 0.5) is 0 Å². The third-order valence-corrected chi connectivity index (χ3v) is 3.77. The van der Waals surface area contributed by atoms with Gasteiger partial charge in [0.1, 0.15) is 0 Å². The van der Waals surface area contributed by atoms with Crippen molar-refractivity contribution in [3.05, 3.63) is 23.8 Å². The standard InChI is InChI=1S/C18H28N4O4/c1-22(2)16(23)13-21-18(19-8-11-24-3)20-12-14-6-4-7-15-17(14)26-10-5-9-25-15/h4,6-7H,5,8-13H2,1-3H3,(H2,19,20,21). The number of amides is 1. The normalized spacial score (nSPS) is 13.7. The Morgan fingerprint density at radius 1 is 1.27 bits per heavy atom. The van der Waals surface area contributed by atoms with Crippen molar-refractivity contribution in [1.82, 2.24) is 15.5 Å². The van der Waals surface area contributed by atoms with Crippen LogP contribution in [-0.4, -0.2) is 70.9 Å². The van der Waals surface area contributed by atoms with Crippen LogP contribution in [0.5, 0.6) is 11.5 Å². The van der Waals surface area contributed by atoms with Crippen LogP contribution in [0.1, 0.15) is 12.0 Å². The highest BCUT2D eigenvalue weighted by molar-refractivity contribution is 5.86. The molecule has 2 N–H and O–H groups in total. The fourth-order valence-electron chi connectivity index (χ4n) is 2.31. The molecule has 8 heteroatoms. The van der Waals surface area contributed by atoms with Crippen LogP contribution < -0.4 is 20.1 Å². The number of para-hydroxylation sites is 1. The van der Waals surface area contributed by atoms with Crippen molar-refractivity contribution >= 4 is 11.9 Å². The second-order valence-corrected chi connectivity index (χ2v) is 6.02. The average Bonchev–Trinajstić information content (AvgIpc) is 2.89. The van der Waals surface area contributed by atoms with Gasteiger partial charge in [0.2, 0.25) is 5.91 Å². The molecule has 1 aliphatic rings. The van der Waals surface area contributed by atoms with Crippen LogP contribution in [-0.2, 0) is 16.1 Å². The first kappa shape index (κ1) is 19.8. The van der Waals surface area contributed by atoms with Crippen molar-refractivity contribution in [2.45, 2.75) is 13.0 Å². The Morgan fingerprint density at radius 2 is 2.08 bits per heavy atom. The Bertz CT molecular complexity index is 619. The lowest BCUT2D eigenvalue weighted by molar-refractivity contribution is -0.127. The second-order valence-electron chi connectivity index (χ2n) is 6.02. The van der Waals surface area contributed by atoms with Gasteiger partial charge in [-0.2, -0.15) is 0 Å². The Hall–Kier alpha value is -2.48. The number of rotatable bonds is 7. The summed E-state index contributed by atoms with van der Waals surface area (Å²) in [6.07, 6.45) is 0.857. The summed E-state index contributed by atoms with van der Waals surface area (Å²) in [6, 6.07) is 5.80. The Labute approximate surface area is 154 Å². The summed E-state index contributed by atoms with van der Waals surface area (Å²) in [5, 5.41) is 6.19. The highest BCUT2D eigenvalue weighted by Gasteiger charge is 2.14. The van der Waals surface area contributed by atoms with Crippen LogP contribution in [0.2, 0.25) is 0 Å². The monoisotopic (exact) mass is 364 g/mol. The number of nitrogens with zero attached hydrogens (tertiary/aromatic N) is 2. The molecule has 1 aliphatic heterocycles. The predicted molar refractivity (Wildman–Crippen MR) is 99.8 cm³/mol. The van der Waals surface area contributed by atoms with E-state index in [2.05, 4.69) is 15.6 Å². The molecule has 0 saturated carbocycles. The zero-order valence-corrected chi connectivity index (χ0v) is 15.7. The van der Waals surface area contributed by atoms with Gasteiger partial charge >= 0.3 is 0 Å². The van der Waals surface area contributed by atoms with E-state index >= 15 is 0 Å². The van der Waals surface area contributed by atoms with Gasteiger partial charge in [-0.1, -0.05) is 12.1 Å². The number of benzene rings is 1. The summed E-state index contributed by atoms with van der Waals surface area (Å²) in [4.78, 5) is 17.9. The molecule has 0 aromatic heterocycles. The maximum atomic E-state index is 11.8. The number of likely N-dealkylation sites (N-methyl/N-ethyl adjacent to an activating group) is 1. The van der Waals surface area contributed by atoms with Crippen LogP contribution in [0.15, 0.2) is 23.2 Å². The topological polar surface area (TPSA) is 84.4 Å². The first-order chi connectivity index (χ1) is 12.6. The molecule has 0 bridgehead atoms. The summed E-state index contributed by atoms with van der Waals surface area (Å²) in [7, 11) is 5.07. The average molecular weight is 364 g/mol. The van der Waals surface area contributed by atoms with Gasteiger partial charge < -0.3 is 29.7 Å². The van der Waals surface area contributed by atoms with Gasteiger partial charge in [0.15, 0.2) is 17.5 Å². The van der Waals surface area contributed by atoms with Crippen LogP contribution in [0.25, 0.3) is 0 Å². The maximum absolute atomic E-state index is 11.8. The predicted octanol–water partition coefficient (Wildman–Crippen LogP) is 0.618. The fraction of sp³-hybridized carbons (Fsp3) is 0.556. The first-order valence-electron chi connectivity index (χ1n) is 8.70. The van der Waals surface area contributed by atoms with Gasteiger partial charge in [-0.05, 0) is 6.07 Å². The van der Waals surface area contributed by atoms with Crippen molar-refractivity contribution < 1.29 is 19.0 Å². The molecule has 0 fully saturated rings. The molecule has 0 radical (unpaired) electrons. The molecule has 8 nitrogen and oxygen atoms in total. The summed E-state index contributed by atoms with van der Waals surface area (Å²) >= 11 is 0. The molecule has 1 amide bonds. The third-order valence-electron chi connectivity index (χ3n) is 3.77. The molecule has 1 aromatic rings. The number of methoxy groups -OCH3 is 1. The Kier molecular flexibility index (Phi) is 8.01. The number of hydrogen-bond donors (Lipinski definition) is 2. The van der Waals surface area contributed by atoms with Gasteiger partial charge in [-0.25, -0.2) is 4.99 Å². The molecule has 2 rings (SSSR count). The Balaban J connectivity index is 2.07. The number of guanidine groups is 1. The lowest BCUT2D eigenvalue weighted by atomic mass is 10.2. The number of carbonyl (C=O) groups is 1. The largest absolute Gasteiger partial charge is 0.490 e. The van der Waals surface area contributed by atoms with Gasteiger partial charge in [0.25, 0.3) is 0 Å². The molecule has 0 aliphatic carbocycles. The number of ether oxygens (including phenoxy) is 3. The minimum atomic E-state index is -0.0310. The van der Waals surface area contributed by atoms with Crippen LogP contribution >= 0.6 is 0 Å². The van der Waals surface area contributed by atoms with E-state index < -0.39 is 0 Å². The lowest BCUT2D eigenvalue weighted by Crippen LogP contribution is -2.43. The number of nitrogens with one attached hydrogen (secondary N) is 2. The van der Waals surface area contributed by atoms with Crippen molar-refractivity contribution in [1.29, 1.82) is 0 Å². The molecule has 26 heavy (non-hydrogen) atoms. The summed E-state index contributed by atoms with van der Waals surface area (Å²) in [6.45, 7) is 2.98. The van der Waals surface area contributed by atoms with Crippen LogP contribution in [0.3, 0.4) is 0 Å². The van der Waals surface area contributed by atoms with Crippen LogP contribution in [0, 0.1) is 0 Å². The van der Waals surface area contributed by atoms with Gasteiger partial charge in [-0.15, -0.1) is 0 Å². The van der Waals surface area contributed by atoms with E-state index in [9.17, 15) is 4.79 Å². The summed E-state index contributed by atoms with van der Waals surface area (Å²) in [5.41, 5.74) is 0.941.